The highest BCUT2D eigenvalue weighted by atomic mass is 16.6. The van der Waals surface area contributed by atoms with E-state index < -0.39 is 0 Å². The normalized spacial score (nSPS) is 12.3. The van der Waals surface area contributed by atoms with Crippen molar-refractivity contribution >= 4 is 29.2 Å². The van der Waals surface area contributed by atoms with E-state index >= 15 is 0 Å². The zero-order valence-corrected chi connectivity index (χ0v) is 7.55. The first-order chi connectivity index (χ1) is 7.24. The predicted octanol–water partition coefficient (Wildman–Crippen LogP) is 0.122. The SMILES string of the molecule is CC(=O)n1nc2c(n1)Nc1nonc1N2. The highest BCUT2D eigenvalue weighted by molar-refractivity contribution is 5.83. The van der Waals surface area contributed by atoms with E-state index in [2.05, 4.69) is 35.8 Å². The number of carbonyl (C=O) groups excluding carboxylic acids is 1. The zero-order chi connectivity index (χ0) is 10.4. The molecule has 9 nitrogen and oxygen atoms in total. The largest absolute Gasteiger partial charge is 0.314 e. The maximum absolute atomic E-state index is 11.0. The number of nitrogens with zero attached hydrogens (tertiary/aromatic N) is 5. The van der Waals surface area contributed by atoms with Crippen LogP contribution in [0.5, 0.6) is 0 Å². The molecule has 3 heterocycles. The van der Waals surface area contributed by atoms with Gasteiger partial charge in [0.1, 0.15) is 0 Å². The summed E-state index contributed by atoms with van der Waals surface area (Å²) >= 11 is 0. The Morgan fingerprint density at radius 2 is 1.67 bits per heavy atom. The fourth-order valence-electron chi connectivity index (χ4n) is 1.19. The average Bonchev–Trinajstić information content (AvgIpc) is 2.77. The van der Waals surface area contributed by atoms with Crippen molar-refractivity contribution in [2.45, 2.75) is 6.92 Å². The van der Waals surface area contributed by atoms with Gasteiger partial charge in [-0.25, -0.2) is 4.63 Å². The molecule has 0 bridgehead atoms. The third-order valence-electron chi connectivity index (χ3n) is 1.86. The number of nitrogens with one attached hydrogen (secondary N) is 2. The van der Waals surface area contributed by atoms with E-state index in [0.29, 0.717) is 23.3 Å². The lowest BCUT2D eigenvalue weighted by molar-refractivity contribution is 0.0903. The van der Waals surface area contributed by atoms with E-state index in [1.165, 1.54) is 6.92 Å². The van der Waals surface area contributed by atoms with Gasteiger partial charge < -0.3 is 10.6 Å². The second-order valence-electron chi connectivity index (χ2n) is 2.92. The zero-order valence-electron chi connectivity index (χ0n) is 7.55. The summed E-state index contributed by atoms with van der Waals surface area (Å²) in [5.41, 5.74) is 0. The Labute approximate surface area is 82.4 Å². The van der Waals surface area contributed by atoms with E-state index in [4.69, 9.17) is 0 Å². The van der Waals surface area contributed by atoms with Gasteiger partial charge in [0, 0.05) is 6.92 Å². The van der Waals surface area contributed by atoms with Gasteiger partial charge in [-0.1, -0.05) is 0 Å². The van der Waals surface area contributed by atoms with E-state index in [1.54, 1.807) is 0 Å². The maximum Gasteiger partial charge on any atom is 0.261 e. The number of anilines is 4. The van der Waals surface area contributed by atoms with Gasteiger partial charge >= 0.3 is 0 Å². The molecule has 0 amide bonds. The topological polar surface area (TPSA) is 111 Å². The number of hydrogen-bond acceptors (Lipinski definition) is 8. The standard InChI is InChI=1S/C6H5N7O2/c1-2(14)13-9-3-4(10-13)8-6-5(7-3)11-15-12-6/h1H3,(H,7,9,11)(H,8,10,12). The van der Waals surface area contributed by atoms with Crippen molar-refractivity contribution in [3.63, 3.8) is 0 Å². The summed E-state index contributed by atoms with van der Waals surface area (Å²) < 4.78 is 4.49. The summed E-state index contributed by atoms with van der Waals surface area (Å²) in [5, 5.41) is 20.6. The minimum atomic E-state index is -0.279. The molecule has 9 heteroatoms. The van der Waals surface area contributed by atoms with Gasteiger partial charge in [-0.3, -0.25) is 4.79 Å². The first kappa shape index (κ1) is 7.91. The van der Waals surface area contributed by atoms with E-state index in [0.717, 1.165) is 4.80 Å². The molecule has 3 rings (SSSR count). The summed E-state index contributed by atoms with van der Waals surface area (Å²) in [6.45, 7) is 1.37. The molecular formula is C6H5N7O2. The fourth-order valence-corrected chi connectivity index (χ4v) is 1.19. The summed E-state index contributed by atoms with van der Waals surface area (Å²) in [5.74, 6) is 1.37. The van der Waals surface area contributed by atoms with Crippen LogP contribution in [0.1, 0.15) is 11.7 Å². The number of hydrogen-bond donors (Lipinski definition) is 2. The third kappa shape index (κ3) is 1.06. The van der Waals surface area contributed by atoms with Gasteiger partial charge in [-0.2, -0.15) is 0 Å². The van der Waals surface area contributed by atoms with Crippen molar-refractivity contribution in [2.24, 2.45) is 0 Å². The molecule has 0 aromatic carbocycles. The molecule has 0 saturated carbocycles. The number of aromatic nitrogens is 5. The quantitative estimate of drug-likeness (QED) is 0.534. The van der Waals surface area contributed by atoms with Crippen LogP contribution >= 0.6 is 0 Å². The molecule has 15 heavy (non-hydrogen) atoms. The first-order valence-corrected chi connectivity index (χ1v) is 4.09. The molecular weight excluding hydrogens is 202 g/mol. The van der Waals surface area contributed by atoms with Crippen LogP contribution in [0.2, 0.25) is 0 Å². The van der Waals surface area contributed by atoms with E-state index in [-0.39, 0.29) is 5.91 Å². The molecule has 2 N–H and O–H groups in total. The Hall–Kier alpha value is -2.45. The van der Waals surface area contributed by atoms with Gasteiger partial charge in [0.05, 0.1) is 0 Å². The smallest absolute Gasteiger partial charge is 0.261 e. The van der Waals surface area contributed by atoms with Gasteiger partial charge in [0.15, 0.2) is 11.6 Å². The highest BCUT2D eigenvalue weighted by Gasteiger charge is 2.24. The van der Waals surface area contributed by atoms with Crippen LogP contribution in [0, 0.1) is 0 Å². The van der Waals surface area contributed by atoms with Crippen molar-refractivity contribution in [1.82, 2.24) is 25.3 Å². The summed E-state index contributed by atoms with van der Waals surface area (Å²) in [7, 11) is 0. The number of fused-ring (bicyclic) bond motifs is 2. The van der Waals surface area contributed by atoms with Gasteiger partial charge in [-0.15, -0.1) is 15.0 Å². The molecule has 2 aromatic heterocycles. The molecule has 0 aliphatic carbocycles. The minimum absolute atomic E-state index is 0.279. The van der Waals surface area contributed by atoms with Crippen LogP contribution in [-0.4, -0.2) is 31.2 Å². The number of rotatable bonds is 0. The lowest BCUT2D eigenvalue weighted by Crippen LogP contribution is -2.09. The fraction of sp³-hybridized carbons (Fsp3) is 0.167. The van der Waals surface area contributed by atoms with E-state index in [1.807, 2.05) is 0 Å². The van der Waals surface area contributed by atoms with Crippen molar-refractivity contribution in [3.05, 3.63) is 0 Å². The monoisotopic (exact) mass is 207 g/mol. The summed E-state index contributed by atoms with van der Waals surface area (Å²) in [6.07, 6.45) is 0. The lowest BCUT2D eigenvalue weighted by atomic mass is 10.4. The molecule has 0 fully saturated rings. The Balaban J connectivity index is 2.05. The van der Waals surface area contributed by atoms with Gasteiger partial charge in [-0.05, 0) is 10.3 Å². The molecule has 0 unspecified atom stereocenters. The van der Waals surface area contributed by atoms with Crippen LogP contribution < -0.4 is 10.6 Å². The summed E-state index contributed by atoms with van der Waals surface area (Å²) in [4.78, 5) is 12.0. The van der Waals surface area contributed by atoms with Crippen molar-refractivity contribution in [1.29, 1.82) is 0 Å². The molecule has 1 aliphatic rings. The van der Waals surface area contributed by atoms with Crippen LogP contribution in [0.4, 0.5) is 23.3 Å². The molecule has 1 aliphatic heterocycles. The maximum atomic E-state index is 11.0. The minimum Gasteiger partial charge on any atom is -0.314 e. The second-order valence-corrected chi connectivity index (χ2v) is 2.92. The highest BCUT2D eigenvalue weighted by Crippen LogP contribution is 2.32. The van der Waals surface area contributed by atoms with Crippen molar-refractivity contribution in [2.75, 3.05) is 10.6 Å². The van der Waals surface area contributed by atoms with Crippen LogP contribution in [0.3, 0.4) is 0 Å². The van der Waals surface area contributed by atoms with Gasteiger partial charge in [0.25, 0.3) is 5.91 Å². The van der Waals surface area contributed by atoms with Crippen molar-refractivity contribution in [3.8, 4) is 0 Å². The average molecular weight is 207 g/mol. The Kier molecular flexibility index (Phi) is 1.33. The van der Waals surface area contributed by atoms with Crippen LogP contribution in [0.25, 0.3) is 0 Å². The predicted molar refractivity (Wildman–Crippen MR) is 47.2 cm³/mol. The Morgan fingerprint density at radius 1 is 1.13 bits per heavy atom. The van der Waals surface area contributed by atoms with E-state index in [9.17, 15) is 4.79 Å². The number of carbonyl (C=O) groups is 1. The molecule has 0 radical (unpaired) electrons. The second kappa shape index (κ2) is 2.53. The Morgan fingerprint density at radius 3 is 2.13 bits per heavy atom. The lowest BCUT2D eigenvalue weighted by Gasteiger charge is -2.07. The van der Waals surface area contributed by atoms with Gasteiger partial charge in [0.2, 0.25) is 11.6 Å². The molecule has 0 spiro atoms. The molecule has 76 valence electrons. The van der Waals surface area contributed by atoms with Crippen LogP contribution in [0.15, 0.2) is 4.63 Å². The summed E-state index contributed by atoms with van der Waals surface area (Å²) in [6, 6.07) is 0. The first-order valence-electron chi connectivity index (χ1n) is 4.09. The molecule has 0 saturated heterocycles. The Bertz CT molecular complexity index is 503. The van der Waals surface area contributed by atoms with Crippen LogP contribution in [-0.2, 0) is 0 Å². The van der Waals surface area contributed by atoms with Crippen molar-refractivity contribution < 1.29 is 9.42 Å². The third-order valence-corrected chi connectivity index (χ3v) is 1.86. The molecule has 2 aromatic rings. The molecule has 0 atom stereocenters.